The fraction of sp³-hybridized carbons (Fsp3) is 0.550. The third-order valence-electron chi connectivity index (χ3n) is 5.07. The molecule has 29 heavy (non-hydrogen) atoms. The van der Waals surface area contributed by atoms with Crippen LogP contribution < -0.4 is 15.4 Å². The Kier molecular flexibility index (Phi) is 7.42. The average molecular weight is 402 g/mol. The van der Waals surface area contributed by atoms with Gasteiger partial charge in [-0.05, 0) is 44.0 Å². The first kappa shape index (κ1) is 21.1. The number of aliphatic hydroxyl groups is 1. The number of aliphatic imine (C=N–C) groups is 1. The zero-order valence-electron chi connectivity index (χ0n) is 17.1. The van der Waals surface area contributed by atoms with Crippen LogP contribution in [0.25, 0.3) is 11.4 Å². The first-order valence-electron chi connectivity index (χ1n) is 9.94. The molecule has 1 aliphatic heterocycles. The fourth-order valence-electron chi connectivity index (χ4n) is 3.31. The molecule has 0 spiro atoms. The number of ether oxygens (including phenoxy) is 2. The second kappa shape index (κ2) is 10.2. The van der Waals surface area contributed by atoms with Crippen molar-refractivity contribution in [1.29, 1.82) is 0 Å². The summed E-state index contributed by atoms with van der Waals surface area (Å²) in [5.41, 5.74) is 0.869. The Morgan fingerprint density at radius 2 is 2.17 bits per heavy atom. The number of rotatable bonds is 9. The van der Waals surface area contributed by atoms with Crippen molar-refractivity contribution < 1.29 is 14.6 Å². The second-order valence-corrected chi connectivity index (χ2v) is 7.16. The lowest BCUT2D eigenvalue weighted by atomic mass is 9.84. The van der Waals surface area contributed by atoms with Crippen molar-refractivity contribution in [2.75, 3.05) is 40.0 Å². The molecule has 0 saturated carbocycles. The lowest BCUT2D eigenvalue weighted by Crippen LogP contribution is -2.44. The van der Waals surface area contributed by atoms with E-state index in [4.69, 9.17) is 9.47 Å². The minimum absolute atomic E-state index is 0.0429. The standard InChI is InChI=1S/C20H30N6O3/c1-3-21-19(23-13-20(8-10-27)9-11-29-14-20)22-12-17-24-18(26-25-17)15-4-6-16(28-2)7-5-15/h4-7,27H,3,8-14H2,1-2H3,(H2,21,22,23)(H,24,25,26). The number of hydrogen-bond acceptors (Lipinski definition) is 6. The molecule has 2 heterocycles. The second-order valence-electron chi connectivity index (χ2n) is 7.16. The molecule has 158 valence electrons. The number of aromatic nitrogens is 3. The number of aliphatic hydroxyl groups excluding tert-OH is 1. The van der Waals surface area contributed by atoms with Crippen molar-refractivity contribution in [3.8, 4) is 17.1 Å². The number of nitrogens with one attached hydrogen (secondary N) is 3. The van der Waals surface area contributed by atoms with Crippen molar-refractivity contribution in [2.24, 2.45) is 10.4 Å². The molecule has 0 aliphatic carbocycles. The summed E-state index contributed by atoms with van der Waals surface area (Å²) in [6.07, 6.45) is 1.65. The Hall–Kier alpha value is -2.65. The molecule has 1 fully saturated rings. The van der Waals surface area contributed by atoms with Crippen LogP contribution in [0.4, 0.5) is 0 Å². The summed E-state index contributed by atoms with van der Waals surface area (Å²) in [7, 11) is 1.64. The highest BCUT2D eigenvalue weighted by Crippen LogP contribution is 2.31. The molecular formula is C20H30N6O3. The Morgan fingerprint density at radius 1 is 1.34 bits per heavy atom. The Labute approximate surface area is 170 Å². The maximum absolute atomic E-state index is 9.38. The zero-order chi connectivity index (χ0) is 20.5. The maximum atomic E-state index is 9.38. The van der Waals surface area contributed by atoms with Gasteiger partial charge in [-0.2, -0.15) is 5.10 Å². The van der Waals surface area contributed by atoms with Gasteiger partial charge in [-0.1, -0.05) is 0 Å². The number of H-pyrrole nitrogens is 1. The lowest BCUT2D eigenvalue weighted by molar-refractivity contribution is 0.127. The molecule has 9 heteroatoms. The van der Waals surface area contributed by atoms with Crippen LogP contribution in [0.3, 0.4) is 0 Å². The van der Waals surface area contributed by atoms with E-state index in [1.54, 1.807) is 7.11 Å². The zero-order valence-corrected chi connectivity index (χ0v) is 17.1. The molecule has 1 aliphatic rings. The van der Waals surface area contributed by atoms with Crippen LogP contribution in [-0.2, 0) is 11.3 Å². The van der Waals surface area contributed by atoms with E-state index in [0.717, 1.165) is 30.9 Å². The van der Waals surface area contributed by atoms with Gasteiger partial charge in [0.2, 0.25) is 0 Å². The van der Waals surface area contributed by atoms with Gasteiger partial charge >= 0.3 is 0 Å². The van der Waals surface area contributed by atoms with Crippen LogP contribution in [0.2, 0.25) is 0 Å². The minimum Gasteiger partial charge on any atom is -0.497 e. The number of methoxy groups -OCH3 is 1. The van der Waals surface area contributed by atoms with Crippen molar-refractivity contribution in [3.05, 3.63) is 30.1 Å². The molecule has 1 unspecified atom stereocenters. The number of aromatic amines is 1. The van der Waals surface area contributed by atoms with Gasteiger partial charge in [0, 0.05) is 37.3 Å². The maximum Gasteiger partial charge on any atom is 0.191 e. The Bertz CT molecular complexity index is 784. The quantitative estimate of drug-likeness (QED) is 0.369. The van der Waals surface area contributed by atoms with Gasteiger partial charge in [0.25, 0.3) is 0 Å². The van der Waals surface area contributed by atoms with Gasteiger partial charge in [0.05, 0.1) is 13.7 Å². The van der Waals surface area contributed by atoms with Crippen LogP contribution in [-0.4, -0.2) is 66.3 Å². The highest BCUT2D eigenvalue weighted by atomic mass is 16.5. The van der Waals surface area contributed by atoms with Gasteiger partial charge in [-0.15, -0.1) is 0 Å². The van der Waals surface area contributed by atoms with Crippen molar-refractivity contribution in [2.45, 2.75) is 26.3 Å². The van der Waals surface area contributed by atoms with Crippen LogP contribution in [0.5, 0.6) is 5.75 Å². The van der Waals surface area contributed by atoms with Crippen LogP contribution in [0.1, 0.15) is 25.6 Å². The summed E-state index contributed by atoms with van der Waals surface area (Å²) in [4.78, 5) is 9.13. The van der Waals surface area contributed by atoms with Gasteiger partial charge < -0.3 is 25.2 Å². The van der Waals surface area contributed by atoms with Gasteiger partial charge in [-0.3, -0.25) is 5.10 Å². The van der Waals surface area contributed by atoms with E-state index >= 15 is 0 Å². The third-order valence-corrected chi connectivity index (χ3v) is 5.07. The summed E-state index contributed by atoms with van der Waals surface area (Å²) in [5, 5.41) is 23.2. The van der Waals surface area contributed by atoms with E-state index in [9.17, 15) is 5.11 Å². The highest BCUT2D eigenvalue weighted by molar-refractivity contribution is 5.79. The summed E-state index contributed by atoms with van der Waals surface area (Å²) in [5.74, 6) is 2.81. The summed E-state index contributed by atoms with van der Waals surface area (Å²) in [6, 6.07) is 7.60. The molecule has 4 N–H and O–H groups in total. The monoisotopic (exact) mass is 402 g/mol. The minimum atomic E-state index is -0.0429. The van der Waals surface area contributed by atoms with E-state index in [1.165, 1.54) is 0 Å². The molecule has 0 radical (unpaired) electrons. The number of hydrogen-bond donors (Lipinski definition) is 4. The molecule has 9 nitrogen and oxygen atoms in total. The third kappa shape index (κ3) is 5.68. The lowest BCUT2D eigenvalue weighted by Gasteiger charge is -2.27. The van der Waals surface area contributed by atoms with Crippen molar-refractivity contribution in [3.63, 3.8) is 0 Å². The topological polar surface area (TPSA) is 117 Å². The number of nitrogens with zero attached hydrogens (tertiary/aromatic N) is 3. The number of benzene rings is 1. The smallest absolute Gasteiger partial charge is 0.191 e. The van der Waals surface area contributed by atoms with Gasteiger partial charge in [-0.25, -0.2) is 9.98 Å². The molecule has 1 atom stereocenters. The van der Waals surface area contributed by atoms with Gasteiger partial charge in [0.15, 0.2) is 11.8 Å². The van der Waals surface area contributed by atoms with Crippen LogP contribution in [0, 0.1) is 5.41 Å². The molecule has 1 aromatic heterocycles. The molecule has 1 saturated heterocycles. The Balaban J connectivity index is 1.61. The van der Waals surface area contributed by atoms with Gasteiger partial charge in [0.1, 0.15) is 18.1 Å². The van der Waals surface area contributed by atoms with E-state index in [2.05, 4.69) is 30.8 Å². The largest absolute Gasteiger partial charge is 0.497 e. The summed E-state index contributed by atoms with van der Waals surface area (Å²) >= 11 is 0. The molecule has 3 rings (SSSR count). The predicted octanol–water partition coefficient (Wildman–Crippen LogP) is 1.32. The van der Waals surface area contributed by atoms with E-state index < -0.39 is 0 Å². The summed E-state index contributed by atoms with van der Waals surface area (Å²) in [6.45, 7) is 5.41. The van der Waals surface area contributed by atoms with Crippen molar-refractivity contribution >= 4 is 5.96 Å². The first-order chi connectivity index (χ1) is 14.2. The summed E-state index contributed by atoms with van der Waals surface area (Å²) < 4.78 is 10.7. The van der Waals surface area contributed by atoms with Crippen molar-refractivity contribution in [1.82, 2.24) is 25.8 Å². The van der Waals surface area contributed by atoms with E-state index in [1.807, 2.05) is 31.2 Å². The number of guanidine groups is 1. The molecular weight excluding hydrogens is 372 g/mol. The van der Waals surface area contributed by atoms with E-state index in [-0.39, 0.29) is 12.0 Å². The molecule has 1 aromatic carbocycles. The van der Waals surface area contributed by atoms with E-state index in [0.29, 0.717) is 43.7 Å². The average Bonchev–Trinajstić information content (AvgIpc) is 3.41. The predicted molar refractivity (Wildman–Crippen MR) is 111 cm³/mol. The van der Waals surface area contributed by atoms with Crippen LogP contribution >= 0.6 is 0 Å². The fourth-order valence-corrected chi connectivity index (χ4v) is 3.31. The highest BCUT2D eigenvalue weighted by Gasteiger charge is 2.34. The SMILES string of the molecule is CCNC(=NCc1nc(-c2ccc(OC)cc2)n[nH]1)NCC1(CCO)CCOC1. The molecule has 2 aromatic rings. The van der Waals surface area contributed by atoms with Crippen LogP contribution in [0.15, 0.2) is 29.3 Å². The molecule has 0 amide bonds. The first-order valence-corrected chi connectivity index (χ1v) is 9.94. The normalized spacial score (nSPS) is 19.3. The Morgan fingerprint density at radius 3 is 2.83 bits per heavy atom. The molecule has 0 bridgehead atoms.